The molecule has 0 atom stereocenters. The van der Waals surface area contributed by atoms with Crippen LogP contribution in [0.3, 0.4) is 0 Å². The Morgan fingerprint density at radius 1 is 0.968 bits per heavy atom. The summed E-state index contributed by atoms with van der Waals surface area (Å²) in [6.07, 6.45) is 2.80. The van der Waals surface area contributed by atoms with Crippen molar-refractivity contribution in [2.45, 2.75) is 38.0 Å². The third kappa shape index (κ3) is 4.40. The summed E-state index contributed by atoms with van der Waals surface area (Å²) in [5, 5.41) is 7.26. The van der Waals surface area contributed by atoms with Crippen LogP contribution >= 0.6 is 0 Å². The van der Waals surface area contributed by atoms with E-state index in [4.69, 9.17) is 0 Å². The molecule has 2 heterocycles. The molecule has 3 aromatic rings. The molecule has 8 heteroatoms. The summed E-state index contributed by atoms with van der Waals surface area (Å²) in [5.74, 6) is -0.381. The molecule has 0 saturated carbocycles. The lowest BCUT2D eigenvalue weighted by Gasteiger charge is -2.26. The third-order valence-corrected chi connectivity index (χ3v) is 7.43. The largest absolute Gasteiger partial charge is 0.320 e. The van der Waals surface area contributed by atoms with E-state index < -0.39 is 10.0 Å². The predicted molar refractivity (Wildman–Crippen MR) is 120 cm³/mol. The highest BCUT2D eigenvalue weighted by Gasteiger charge is 2.26. The molecule has 0 unspecified atom stereocenters. The number of nitrogens with zero attached hydrogens (tertiary/aromatic N) is 3. The van der Waals surface area contributed by atoms with E-state index >= 15 is 0 Å². The molecule has 1 aromatic heterocycles. The SMILES string of the molecule is Cc1ccc(S(=O)(=O)N2CCCCC2)cc1NC(=O)c1cc(C)n(-c2ccccc2)n1. The molecule has 2 aromatic carbocycles. The summed E-state index contributed by atoms with van der Waals surface area (Å²) in [5.41, 5.74) is 3.21. The molecule has 1 amide bonds. The first-order chi connectivity index (χ1) is 14.9. The zero-order valence-corrected chi connectivity index (χ0v) is 18.5. The average Bonchev–Trinajstić information content (AvgIpc) is 3.18. The van der Waals surface area contributed by atoms with E-state index in [0.717, 1.165) is 36.2 Å². The first kappa shape index (κ1) is 21.3. The Hall–Kier alpha value is -2.97. The van der Waals surface area contributed by atoms with Crippen molar-refractivity contribution in [3.05, 3.63) is 71.5 Å². The Morgan fingerprint density at radius 2 is 1.68 bits per heavy atom. The van der Waals surface area contributed by atoms with E-state index in [1.165, 1.54) is 10.4 Å². The molecule has 1 N–H and O–H groups in total. The van der Waals surface area contributed by atoms with Gasteiger partial charge in [0.1, 0.15) is 0 Å². The molecular formula is C23H26N4O3S. The lowest BCUT2D eigenvalue weighted by atomic mass is 10.2. The quantitative estimate of drug-likeness (QED) is 0.654. The minimum atomic E-state index is -3.58. The van der Waals surface area contributed by atoms with Crippen LogP contribution in [0, 0.1) is 13.8 Å². The molecule has 1 saturated heterocycles. The van der Waals surface area contributed by atoms with E-state index in [1.807, 2.05) is 44.2 Å². The van der Waals surface area contributed by atoms with E-state index in [9.17, 15) is 13.2 Å². The van der Waals surface area contributed by atoms with Gasteiger partial charge in [-0.15, -0.1) is 0 Å². The van der Waals surface area contributed by atoms with Crippen molar-refractivity contribution < 1.29 is 13.2 Å². The molecule has 31 heavy (non-hydrogen) atoms. The van der Waals surface area contributed by atoms with Crippen LogP contribution in [0.5, 0.6) is 0 Å². The summed E-state index contributed by atoms with van der Waals surface area (Å²) in [6.45, 7) is 4.79. The Bertz CT molecular complexity index is 1200. The van der Waals surface area contributed by atoms with Gasteiger partial charge in [0, 0.05) is 24.5 Å². The maximum atomic E-state index is 13.0. The first-order valence-electron chi connectivity index (χ1n) is 10.4. The van der Waals surface area contributed by atoms with Crippen LogP contribution in [-0.2, 0) is 10.0 Å². The number of para-hydroxylation sites is 1. The number of carbonyl (C=O) groups is 1. The molecule has 1 fully saturated rings. The van der Waals surface area contributed by atoms with Gasteiger partial charge in [0.05, 0.1) is 10.6 Å². The van der Waals surface area contributed by atoms with Gasteiger partial charge in [-0.25, -0.2) is 13.1 Å². The predicted octanol–water partition coefficient (Wildman–Crippen LogP) is 3.92. The number of piperidine rings is 1. The Kier molecular flexibility index (Phi) is 5.93. The van der Waals surface area contributed by atoms with Crippen LogP contribution < -0.4 is 5.32 Å². The second-order valence-electron chi connectivity index (χ2n) is 7.81. The zero-order valence-electron chi connectivity index (χ0n) is 17.7. The minimum Gasteiger partial charge on any atom is -0.320 e. The molecular weight excluding hydrogens is 412 g/mol. The van der Waals surface area contributed by atoms with E-state index in [2.05, 4.69) is 10.4 Å². The smallest absolute Gasteiger partial charge is 0.276 e. The number of benzene rings is 2. The van der Waals surface area contributed by atoms with Crippen molar-refractivity contribution in [1.82, 2.24) is 14.1 Å². The van der Waals surface area contributed by atoms with Gasteiger partial charge < -0.3 is 5.32 Å². The zero-order chi connectivity index (χ0) is 22.0. The fourth-order valence-corrected chi connectivity index (χ4v) is 5.30. The van der Waals surface area contributed by atoms with Crippen molar-refractivity contribution in [3.63, 3.8) is 0 Å². The van der Waals surface area contributed by atoms with E-state index in [0.29, 0.717) is 18.8 Å². The summed E-state index contributed by atoms with van der Waals surface area (Å²) in [4.78, 5) is 13.1. The fourth-order valence-electron chi connectivity index (χ4n) is 3.75. The van der Waals surface area contributed by atoms with Gasteiger partial charge in [-0.3, -0.25) is 4.79 Å². The summed E-state index contributed by atoms with van der Waals surface area (Å²) in [6, 6.07) is 16.2. The number of nitrogens with one attached hydrogen (secondary N) is 1. The van der Waals surface area contributed by atoms with Gasteiger partial charge in [0.15, 0.2) is 5.69 Å². The van der Waals surface area contributed by atoms with Crippen LogP contribution in [0.25, 0.3) is 5.69 Å². The lowest BCUT2D eigenvalue weighted by Crippen LogP contribution is -2.35. The van der Waals surface area contributed by atoms with Gasteiger partial charge in [-0.1, -0.05) is 30.7 Å². The lowest BCUT2D eigenvalue weighted by molar-refractivity contribution is 0.102. The van der Waals surface area contributed by atoms with E-state index in [-0.39, 0.29) is 16.5 Å². The Labute approximate surface area is 182 Å². The average molecular weight is 439 g/mol. The maximum Gasteiger partial charge on any atom is 0.276 e. The highest BCUT2D eigenvalue weighted by Crippen LogP contribution is 2.25. The van der Waals surface area contributed by atoms with Crippen molar-refractivity contribution in [2.24, 2.45) is 0 Å². The van der Waals surface area contributed by atoms with Crippen molar-refractivity contribution in [3.8, 4) is 5.69 Å². The number of amides is 1. The number of anilines is 1. The molecule has 0 spiro atoms. The van der Waals surface area contributed by atoms with Crippen molar-refractivity contribution in [1.29, 1.82) is 0 Å². The maximum absolute atomic E-state index is 13.0. The molecule has 0 radical (unpaired) electrons. The van der Waals surface area contributed by atoms with Crippen LogP contribution in [0.15, 0.2) is 59.5 Å². The Morgan fingerprint density at radius 3 is 2.39 bits per heavy atom. The number of rotatable bonds is 5. The van der Waals surface area contributed by atoms with Crippen LogP contribution in [0.1, 0.15) is 41.0 Å². The normalized spacial score (nSPS) is 15.0. The second-order valence-corrected chi connectivity index (χ2v) is 9.75. The number of aryl methyl sites for hydroxylation is 2. The molecule has 1 aliphatic rings. The number of aromatic nitrogens is 2. The van der Waals surface area contributed by atoms with E-state index in [1.54, 1.807) is 22.9 Å². The monoisotopic (exact) mass is 438 g/mol. The molecule has 4 rings (SSSR count). The van der Waals surface area contributed by atoms with Crippen molar-refractivity contribution >= 4 is 21.6 Å². The first-order valence-corrected chi connectivity index (χ1v) is 11.8. The van der Waals surface area contributed by atoms with Gasteiger partial charge in [0.25, 0.3) is 5.91 Å². The third-order valence-electron chi connectivity index (χ3n) is 5.53. The van der Waals surface area contributed by atoms with Crippen LogP contribution in [0.4, 0.5) is 5.69 Å². The summed E-state index contributed by atoms with van der Waals surface area (Å²) >= 11 is 0. The number of hydrogen-bond acceptors (Lipinski definition) is 4. The van der Waals surface area contributed by atoms with Crippen LogP contribution in [0.2, 0.25) is 0 Å². The number of hydrogen-bond donors (Lipinski definition) is 1. The molecule has 0 bridgehead atoms. The Balaban J connectivity index is 1.58. The molecule has 162 valence electrons. The second kappa shape index (κ2) is 8.64. The van der Waals surface area contributed by atoms with Gasteiger partial charge >= 0.3 is 0 Å². The number of sulfonamides is 1. The summed E-state index contributed by atoms with van der Waals surface area (Å²) < 4.78 is 29.3. The summed E-state index contributed by atoms with van der Waals surface area (Å²) in [7, 11) is -3.58. The highest BCUT2D eigenvalue weighted by molar-refractivity contribution is 7.89. The van der Waals surface area contributed by atoms with Gasteiger partial charge in [-0.2, -0.15) is 9.40 Å². The molecule has 0 aliphatic carbocycles. The standard InChI is InChI=1S/C23H26N4O3S/c1-17-11-12-20(31(29,30)26-13-7-4-8-14-26)16-21(17)24-23(28)22-15-18(2)27(25-22)19-9-5-3-6-10-19/h3,5-6,9-12,15-16H,4,7-8,13-14H2,1-2H3,(H,24,28). The highest BCUT2D eigenvalue weighted by atomic mass is 32.2. The minimum absolute atomic E-state index is 0.196. The molecule has 7 nitrogen and oxygen atoms in total. The topological polar surface area (TPSA) is 84.3 Å². The molecule has 1 aliphatic heterocycles. The van der Waals surface area contributed by atoms with Crippen LogP contribution in [-0.4, -0.2) is 41.5 Å². The van der Waals surface area contributed by atoms with Crippen molar-refractivity contribution in [2.75, 3.05) is 18.4 Å². The number of carbonyl (C=O) groups excluding carboxylic acids is 1. The van der Waals surface area contributed by atoms with Gasteiger partial charge in [-0.05, 0) is 62.6 Å². The fraction of sp³-hybridized carbons (Fsp3) is 0.304. The van der Waals surface area contributed by atoms with Gasteiger partial charge in [0.2, 0.25) is 10.0 Å².